The molecule has 2 N–H and O–H groups in total. The molecule has 0 saturated heterocycles. The number of quaternary nitrogens is 1. The minimum absolute atomic E-state index is 0. The van der Waals surface area contributed by atoms with Crippen molar-refractivity contribution in [3.05, 3.63) is 29.3 Å². The molecule has 110 valence electrons. The summed E-state index contributed by atoms with van der Waals surface area (Å²) in [5.41, 5.74) is 2.27. The smallest absolute Gasteiger partial charge is 0.479 e. The third-order valence-corrected chi connectivity index (χ3v) is 2.90. The van der Waals surface area contributed by atoms with Crippen LogP contribution in [-0.2, 0) is 15.8 Å². The van der Waals surface area contributed by atoms with Gasteiger partial charge in [-0.05, 0) is 49.1 Å². The van der Waals surface area contributed by atoms with Crippen LogP contribution in [0.3, 0.4) is 0 Å². The van der Waals surface area contributed by atoms with Crippen LogP contribution in [0.1, 0.15) is 26.4 Å². The molecule has 1 rings (SSSR count). The third-order valence-electron chi connectivity index (χ3n) is 2.78. The predicted molar refractivity (Wildman–Crippen MR) is 69.4 cm³/mol. The number of phenols is 1. The minimum Gasteiger partial charge on any atom is -0.674 e. The van der Waals surface area contributed by atoms with Crippen LogP contribution < -0.4 is 15.1 Å². The highest BCUT2D eigenvalue weighted by molar-refractivity contribution is 7.30. The Kier molecular flexibility index (Phi) is 9.30. The summed E-state index contributed by atoms with van der Waals surface area (Å²) < 4.78 is 11.3. The van der Waals surface area contributed by atoms with Crippen molar-refractivity contribution >= 4 is 8.25 Å². The number of benzene rings is 1. The first-order valence-electron chi connectivity index (χ1n) is 6.00. The molecule has 0 aliphatic rings. The highest BCUT2D eigenvalue weighted by Gasteiger charge is 2.05. The summed E-state index contributed by atoms with van der Waals surface area (Å²) in [6.07, 6.45) is 0. The van der Waals surface area contributed by atoms with Gasteiger partial charge in [-0.1, -0.05) is 0 Å². The molecule has 0 saturated carbocycles. The quantitative estimate of drug-likeness (QED) is 0.440. The molecule has 0 fully saturated rings. The van der Waals surface area contributed by atoms with Gasteiger partial charge in [0, 0.05) is 6.99 Å². The monoisotopic (exact) mass is 291 g/mol. The highest BCUT2D eigenvalue weighted by Crippen LogP contribution is 2.16. The van der Waals surface area contributed by atoms with E-state index in [0.717, 1.165) is 25.2 Å². The molecule has 0 bridgehead atoms. The van der Waals surface area contributed by atoms with Crippen molar-refractivity contribution in [2.45, 2.75) is 27.3 Å². The number of rotatable bonds is 5. The molecule has 0 spiro atoms. The standard InChI is InChI=1S/C12H19NO.HO4P.H2/c1-4-13(5-2)9-11-6-7-12(14)10(3)8-11;1-4-5(2)3;/h6-8,14H,4-5,9H2,1-3H3;1H;1H. The Morgan fingerprint density at radius 2 is 1.95 bits per heavy atom. The fraction of sp³-hybridized carbons (Fsp3) is 0.500. The van der Waals surface area contributed by atoms with E-state index in [9.17, 15) is 5.11 Å². The van der Waals surface area contributed by atoms with Crippen molar-refractivity contribution in [1.29, 1.82) is 0 Å². The second kappa shape index (κ2) is 9.83. The van der Waals surface area contributed by atoms with Gasteiger partial charge < -0.3 is 20.2 Å². The molecule has 0 aliphatic carbocycles. The largest absolute Gasteiger partial charge is 0.674 e. The molecule has 0 amide bonds. The maximum absolute atomic E-state index is 9.39. The number of hydrogen-bond donors (Lipinski definition) is 2. The number of aromatic hydroxyl groups is 1. The van der Waals surface area contributed by atoms with E-state index in [0.29, 0.717) is 5.75 Å². The summed E-state index contributed by atoms with van der Waals surface area (Å²) in [5.74, 6) is 0.392. The van der Waals surface area contributed by atoms with E-state index in [-0.39, 0.29) is 1.43 Å². The molecule has 0 aromatic heterocycles. The summed E-state index contributed by atoms with van der Waals surface area (Å²) in [7, 11) is -3.15. The van der Waals surface area contributed by atoms with Gasteiger partial charge in [0.25, 0.3) is 0 Å². The number of phenolic OH excluding ortho intramolecular Hbond substituents is 1. The van der Waals surface area contributed by atoms with E-state index in [1.807, 2.05) is 13.0 Å². The van der Waals surface area contributed by atoms with Crippen molar-refractivity contribution in [3.8, 4) is 5.75 Å². The maximum Gasteiger partial charge on any atom is 0.479 e. The van der Waals surface area contributed by atoms with Crippen molar-refractivity contribution in [3.63, 3.8) is 0 Å². The van der Waals surface area contributed by atoms with E-state index in [4.69, 9.17) is 14.7 Å². The Hall–Kier alpha value is -1.04. The Labute approximate surface area is 115 Å². The van der Waals surface area contributed by atoms with Crippen molar-refractivity contribution in [2.75, 3.05) is 13.1 Å². The van der Waals surface area contributed by atoms with Crippen molar-refractivity contribution in [1.82, 2.24) is 0 Å². The summed E-state index contributed by atoms with van der Waals surface area (Å²) in [6, 6.07) is 5.86. The zero-order chi connectivity index (χ0) is 14.8. The summed E-state index contributed by atoms with van der Waals surface area (Å²) >= 11 is 0. The first-order chi connectivity index (χ1) is 8.94. The topological polar surface area (TPSA) is 97.1 Å². The lowest BCUT2D eigenvalue weighted by molar-refractivity contribution is -0.910. The van der Waals surface area contributed by atoms with Gasteiger partial charge in [-0.3, -0.25) is 0 Å². The molecule has 0 heterocycles. The lowest BCUT2D eigenvalue weighted by Gasteiger charge is -2.15. The Morgan fingerprint density at radius 1 is 1.42 bits per heavy atom. The Morgan fingerprint density at radius 3 is 2.32 bits per heavy atom. The lowest BCUT2D eigenvalue weighted by atomic mass is 10.1. The second-order valence-corrected chi connectivity index (χ2v) is 4.65. The van der Waals surface area contributed by atoms with Gasteiger partial charge in [-0.2, -0.15) is 0 Å². The molecule has 1 aromatic rings. The molecule has 1 atom stereocenters. The van der Waals surface area contributed by atoms with E-state index in [2.05, 4.69) is 24.6 Å². The molecular weight excluding hydrogens is 269 g/mol. The van der Waals surface area contributed by atoms with E-state index < -0.39 is 8.25 Å². The van der Waals surface area contributed by atoms with Gasteiger partial charge in [0.05, 0.1) is 13.1 Å². The van der Waals surface area contributed by atoms with Crippen molar-refractivity contribution in [2.24, 2.45) is 0 Å². The number of aryl methyl sites for hydroxylation is 1. The predicted octanol–water partition coefficient (Wildman–Crippen LogP) is -0.333. The van der Waals surface area contributed by atoms with Crippen LogP contribution in [0.5, 0.6) is 5.75 Å². The minimum atomic E-state index is -3.15. The van der Waals surface area contributed by atoms with Crippen LogP contribution >= 0.6 is 8.25 Å². The third kappa shape index (κ3) is 7.87. The van der Waals surface area contributed by atoms with Crippen molar-refractivity contribution < 1.29 is 30.8 Å². The lowest BCUT2D eigenvalue weighted by Crippen LogP contribution is -3.10. The zero-order valence-corrected chi connectivity index (χ0v) is 12.3. The average Bonchev–Trinajstić information content (AvgIpc) is 2.40. The molecule has 6 nitrogen and oxygen atoms in total. The summed E-state index contributed by atoms with van der Waals surface area (Å²) in [4.78, 5) is 10.4. The van der Waals surface area contributed by atoms with Gasteiger partial charge in [0.2, 0.25) is 0 Å². The number of hydrogen-bond acceptors (Lipinski definition) is 5. The molecule has 0 radical (unpaired) electrons. The van der Waals surface area contributed by atoms with Crippen LogP contribution in [0.4, 0.5) is 0 Å². The molecule has 1 aromatic carbocycles. The average molecular weight is 291 g/mol. The van der Waals surface area contributed by atoms with E-state index in [1.165, 1.54) is 5.56 Å². The van der Waals surface area contributed by atoms with Crippen LogP contribution in [0.2, 0.25) is 0 Å². The second-order valence-electron chi connectivity index (χ2n) is 4.05. The molecule has 7 heteroatoms. The fourth-order valence-electron chi connectivity index (χ4n) is 1.62. The maximum atomic E-state index is 9.39. The number of nitrogens with one attached hydrogen (secondary N) is 1. The van der Waals surface area contributed by atoms with Gasteiger partial charge in [-0.25, -0.2) is 4.67 Å². The van der Waals surface area contributed by atoms with Crippen LogP contribution in [0.25, 0.3) is 0 Å². The van der Waals surface area contributed by atoms with Crippen LogP contribution in [0, 0.1) is 6.92 Å². The Bertz CT molecular complexity index is 401. The van der Waals surface area contributed by atoms with E-state index in [1.54, 1.807) is 11.0 Å². The van der Waals surface area contributed by atoms with Crippen LogP contribution in [-0.4, -0.2) is 18.2 Å². The first kappa shape index (κ1) is 18.0. The van der Waals surface area contributed by atoms with Gasteiger partial charge >= 0.3 is 8.25 Å². The molecule has 0 aliphatic heterocycles. The SMILES string of the molecule is CC[NH+](CC)Cc1ccc(O)c(C)c1.O=[P+]([O-])O[O-].[HH]. The molecule has 1 unspecified atom stereocenters. The first-order valence-corrected chi connectivity index (χ1v) is 7.10. The van der Waals surface area contributed by atoms with Gasteiger partial charge in [0.15, 0.2) is 0 Å². The normalized spacial score (nSPS) is 10.9. The van der Waals surface area contributed by atoms with Crippen LogP contribution in [0.15, 0.2) is 18.2 Å². The highest BCUT2D eigenvalue weighted by atomic mass is 31.1. The van der Waals surface area contributed by atoms with E-state index >= 15 is 0 Å². The van der Waals surface area contributed by atoms with Gasteiger partial charge in [-0.15, -0.1) is 0 Å². The Balaban J connectivity index is 0. The van der Waals surface area contributed by atoms with Gasteiger partial charge in [0.1, 0.15) is 12.3 Å². The molecule has 19 heavy (non-hydrogen) atoms. The molecular formula is C12H22NO5P. The zero-order valence-electron chi connectivity index (χ0n) is 11.4. The summed E-state index contributed by atoms with van der Waals surface area (Å²) in [5, 5.41) is 17.9. The summed E-state index contributed by atoms with van der Waals surface area (Å²) in [6.45, 7) is 9.69. The fourth-order valence-corrected chi connectivity index (χ4v) is 1.62.